The number of fused-ring (bicyclic) bond motifs is 1. The fraction of sp³-hybridized carbons (Fsp3) is 0.550. The summed E-state index contributed by atoms with van der Waals surface area (Å²) in [4.78, 5) is 26.6. The molecule has 2 heterocycles. The number of aromatic nitrogens is 2. The molecule has 2 amide bonds. The van der Waals surface area contributed by atoms with Crippen LogP contribution in [0.4, 0.5) is 0 Å². The molecule has 4 rings (SSSR count). The van der Waals surface area contributed by atoms with E-state index in [-0.39, 0.29) is 17.7 Å². The molecule has 1 N–H and O–H groups in total. The van der Waals surface area contributed by atoms with Crippen LogP contribution in [0.3, 0.4) is 0 Å². The molecule has 0 bridgehead atoms. The molecule has 1 saturated carbocycles. The number of piperidine rings is 1. The molecule has 26 heavy (non-hydrogen) atoms. The Labute approximate surface area is 153 Å². The number of aryl methyl sites for hydroxylation is 1. The Bertz CT molecular complexity index is 816. The first-order chi connectivity index (χ1) is 12.7. The topological polar surface area (TPSA) is 67.2 Å². The van der Waals surface area contributed by atoms with Crippen LogP contribution in [0.2, 0.25) is 0 Å². The lowest BCUT2D eigenvalue weighted by atomic mass is 9.95. The van der Waals surface area contributed by atoms with E-state index in [0.29, 0.717) is 25.5 Å². The summed E-state index contributed by atoms with van der Waals surface area (Å²) in [6, 6.07) is 8.12. The van der Waals surface area contributed by atoms with Crippen molar-refractivity contribution < 1.29 is 9.59 Å². The van der Waals surface area contributed by atoms with Crippen molar-refractivity contribution in [3.63, 3.8) is 0 Å². The molecule has 1 saturated heterocycles. The lowest BCUT2D eigenvalue weighted by Crippen LogP contribution is -2.43. The van der Waals surface area contributed by atoms with Gasteiger partial charge in [0.25, 0.3) is 0 Å². The van der Waals surface area contributed by atoms with Crippen LogP contribution in [0.5, 0.6) is 0 Å². The van der Waals surface area contributed by atoms with Crippen molar-refractivity contribution in [2.45, 2.75) is 45.7 Å². The third-order valence-electron chi connectivity index (χ3n) is 5.57. The van der Waals surface area contributed by atoms with E-state index in [1.54, 1.807) is 0 Å². The van der Waals surface area contributed by atoms with Crippen molar-refractivity contribution in [1.82, 2.24) is 20.0 Å². The van der Waals surface area contributed by atoms with Crippen molar-refractivity contribution in [2.24, 2.45) is 11.8 Å². The normalized spacial score (nSPS) is 18.3. The van der Waals surface area contributed by atoms with Crippen molar-refractivity contribution in [3.8, 4) is 0 Å². The molecular weight excluding hydrogens is 328 g/mol. The first kappa shape index (κ1) is 17.1. The SMILES string of the molecule is CCn1nc(CNC(=O)C2CCN(C(=O)C3CC3)CC2)c2ccccc21. The summed E-state index contributed by atoms with van der Waals surface area (Å²) in [5.74, 6) is 0.638. The average Bonchev–Trinajstić information content (AvgIpc) is 3.47. The molecule has 0 atom stereocenters. The lowest BCUT2D eigenvalue weighted by molar-refractivity contribution is -0.136. The first-order valence-electron chi connectivity index (χ1n) is 9.68. The third-order valence-corrected chi connectivity index (χ3v) is 5.57. The van der Waals surface area contributed by atoms with E-state index in [2.05, 4.69) is 29.5 Å². The van der Waals surface area contributed by atoms with Gasteiger partial charge in [-0.3, -0.25) is 14.3 Å². The summed E-state index contributed by atoms with van der Waals surface area (Å²) in [6.45, 7) is 4.75. The van der Waals surface area contributed by atoms with E-state index in [1.807, 2.05) is 21.7 Å². The number of para-hydroxylation sites is 1. The van der Waals surface area contributed by atoms with Gasteiger partial charge in [0.05, 0.1) is 17.8 Å². The number of amides is 2. The number of rotatable bonds is 5. The molecule has 1 aliphatic heterocycles. The number of hydrogen-bond acceptors (Lipinski definition) is 3. The van der Waals surface area contributed by atoms with E-state index in [0.717, 1.165) is 48.8 Å². The van der Waals surface area contributed by atoms with Gasteiger partial charge in [0, 0.05) is 36.9 Å². The molecule has 1 aromatic carbocycles. The first-order valence-corrected chi connectivity index (χ1v) is 9.68. The maximum Gasteiger partial charge on any atom is 0.225 e. The van der Waals surface area contributed by atoms with Crippen LogP contribution in [0, 0.1) is 11.8 Å². The van der Waals surface area contributed by atoms with Gasteiger partial charge in [0.1, 0.15) is 0 Å². The van der Waals surface area contributed by atoms with Crippen molar-refractivity contribution in [3.05, 3.63) is 30.0 Å². The molecule has 1 aromatic heterocycles. The number of carbonyl (C=O) groups excluding carboxylic acids is 2. The predicted octanol–water partition coefficient (Wildman–Crippen LogP) is 2.32. The highest BCUT2D eigenvalue weighted by atomic mass is 16.2. The van der Waals surface area contributed by atoms with E-state index in [4.69, 9.17) is 0 Å². The van der Waals surface area contributed by atoms with Crippen LogP contribution in [-0.4, -0.2) is 39.6 Å². The molecule has 6 heteroatoms. The molecular formula is C20H26N4O2. The van der Waals surface area contributed by atoms with Crippen LogP contribution in [0.1, 0.15) is 38.3 Å². The standard InChI is InChI=1S/C20H26N4O2/c1-2-24-18-6-4-3-5-16(18)17(22-24)13-21-19(25)14-9-11-23(12-10-14)20(26)15-7-8-15/h3-6,14-15H,2,7-13H2,1H3,(H,21,25). The molecule has 6 nitrogen and oxygen atoms in total. The Morgan fingerprint density at radius 3 is 2.54 bits per heavy atom. The summed E-state index contributed by atoms with van der Waals surface area (Å²) in [5.41, 5.74) is 2.02. The quantitative estimate of drug-likeness (QED) is 0.896. The summed E-state index contributed by atoms with van der Waals surface area (Å²) in [5, 5.41) is 8.79. The number of nitrogens with one attached hydrogen (secondary N) is 1. The Morgan fingerprint density at radius 1 is 1.12 bits per heavy atom. The molecule has 2 fully saturated rings. The highest BCUT2D eigenvalue weighted by Crippen LogP contribution is 2.32. The van der Waals surface area contributed by atoms with Crippen molar-refractivity contribution in [2.75, 3.05) is 13.1 Å². The van der Waals surface area contributed by atoms with Gasteiger partial charge in [-0.25, -0.2) is 0 Å². The fourth-order valence-electron chi connectivity index (χ4n) is 3.83. The molecule has 138 valence electrons. The smallest absolute Gasteiger partial charge is 0.225 e. The van der Waals surface area contributed by atoms with Gasteiger partial charge in [0.2, 0.25) is 11.8 Å². The second kappa shape index (κ2) is 7.09. The van der Waals surface area contributed by atoms with E-state index >= 15 is 0 Å². The molecule has 2 aromatic rings. The summed E-state index contributed by atoms with van der Waals surface area (Å²) in [6.07, 6.45) is 3.60. The predicted molar refractivity (Wildman–Crippen MR) is 99.3 cm³/mol. The third kappa shape index (κ3) is 3.32. The zero-order valence-electron chi connectivity index (χ0n) is 15.3. The van der Waals surface area contributed by atoms with Crippen LogP contribution < -0.4 is 5.32 Å². The number of likely N-dealkylation sites (tertiary alicyclic amines) is 1. The molecule has 2 aliphatic rings. The van der Waals surface area contributed by atoms with E-state index in [1.165, 1.54) is 0 Å². The maximum atomic E-state index is 12.6. The molecule has 0 spiro atoms. The largest absolute Gasteiger partial charge is 0.350 e. The minimum absolute atomic E-state index is 0.00206. The Morgan fingerprint density at radius 2 is 1.85 bits per heavy atom. The monoisotopic (exact) mass is 354 g/mol. The highest BCUT2D eigenvalue weighted by Gasteiger charge is 2.35. The van der Waals surface area contributed by atoms with Gasteiger partial charge in [-0.2, -0.15) is 5.10 Å². The summed E-state index contributed by atoms with van der Waals surface area (Å²) < 4.78 is 1.97. The molecule has 1 aliphatic carbocycles. The van der Waals surface area contributed by atoms with Gasteiger partial charge in [0.15, 0.2) is 0 Å². The number of hydrogen-bond donors (Lipinski definition) is 1. The zero-order valence-corrected chi connectivity index (χ0v) is 15.3. The van der Waals surface area contributed by atoms with Crippen molar-refractivity contribution >= 4 is 22.7 Å². The number of carbonyl (C=O) groups is 2. The minimum Gasteiger partial charge on any atom is -0.350 e. The van der Waals surface area contributed by atoms with Gasteiger partial charge >= 0.3 is 0 Å². The molecule has 0 radical (unpaired) electrons. The second-order valence-corrected chi connectivity index (χ2v) is 7.37. The van der Waals surface area contributed by atoms with Crippen molar-refractivity contribution in [1.29, 1.82) is 0 Å². The van der Waals surface area contributed by atoms with Gasteiger partial charge < -0.3 is 10.2 Å². The number of nitrogens with zero attached hydrogens (tertiary/aromatic N) is 3. The highest BCUT2D eigenvalue weighted by molar-refractivity contribution is 5.84. The molecule has 0 unspecified atom stereocenters. The maximum absolute atomic E-state index is 12.6. The fourth-order valence-corrected chi connectivity index (χ4v) is 3.83. The second-order valence-electron chi connectivity index (χ2n) is 7.37. The van der Waals surface area contributed by atoms with E-state index in [9.17, 15) is 9.59 Å². The van der Waals surface area contributed by atoms with Gasteiger partial charge in [-0.15, -0.1) is 0 Å². The van der Waals surface area contributed by atoms with Crippen LogP contribution in [0.25, 0.3) is 10.9 Å². The Kier molecular flexibility index (Phi) is 4.66. The lowest BCUT2D eigenvalue weighted by Gasteiger charge is -2.31. The Hall–Kier alpha value is -2.37. The zero-order chi connectivity index (χ0) is 18.1. The number of benzene rings is 1. The summed E-state index contributed by atoms with van der Waals surface area (Å²) in [7, 11) is 0. The van der Waals surface area contributed by atoms with Crippen LogP contribution in [-0.2, 0) is 22.7 Å². The summed E-state index contributed by atoms with van der Waals surface area (Å²) >= 11 is 0. The average molecular weight is 354 g/mol. The van der Waals surface area contributed by atoms with Gasteiger partial charge in [-0.1, -0.05) is 18.2 Å². The van der Waals surface area contributed by atoms with Crippen LogP contribution in [0.15, 0.2) is 24.3 Å². The van der Waals surface area contributed by atoms with Gasteiger partial charge in [-0.05, 0) is 38.7 Å². The Balaban J connectivity index is 1.34. The van der Waals surface area contributed by atoms with E-state index < -0.39 is 0 Å². The van der Waals surface area contributed by atoms with Crippen LogP contribution >= 0.6 is 0 Å². The minimum atomic E-state index is -0.00206.